The van der Waals surface area contributed by atoms with E-state index in [0.717, 1.165) is 6.42 Å². The highest BCUT2D eigenvalue weighted by Gasteiger charge is 2.16. The van der Waals surface area contributed by atoms with Crippen molar-refractivity contribution in [1.82, 2.24) is 0 Å². The van der Waals surface area contributed by atoms with Gasteiger partial charge in [-0.25, -0.2) is 0 Å². The average Bonchev–Trinajstić information content (AvgIpc) is 2.89. The highest BCUT2D eigenvalue weighted by molar-refractivity contribution is 5.65. The van der Waals surface area contributed by atoms with Gasteiger partial charge in [0.15, 0.2) is 0 Å². The van der Waals surface area contributed by atoms with Crippen molar-refractivity contribution in [1.29, 1.82) is 0 Å². The van der Waals surface area contributed by atoms with E-state index in [1.165, 1.54) is 38.9 Å². The molecule has 1 unspecified atom stereocenters. The Morgan fingerprint density at radius 3 is 1.47 bits per heavy atom. The molecule has 0 saturated carbocycles. The van der Waals surface area contributed by atoms with Gasteiger partial charge in [0.1, 0.15) is 0 Å². The van der Waals surface area contributed by atoms with Gasteiger partial charge in [0, 0.05) is 5.92 Å². The zero-order valence-electron chi connectivity index (χ0n) is 18.1. The summed E-state index contributed by atoms with van der Waals surface area (Å²) in [6.45, 7) is 0. The Labute approximate surface area is 190 Å². The first-order valence-corrected chi connectivity index (χ1v) is 11.2. The molecule has 0 N–H and O–H groups in total. The summed E-state index contributed by atoms with van der Waals surface area (Å²) in [5.74, 6) is 0.297. The first kappa shape index (κ1) is 20.0. The molecule has 0 amide bonds. The standard InChI is InChI=1S/C32H26/c1-4-13-26(14-5-1)29-19-10-12-25(22-29)23-32(28-17-8-3-9-18-28)31-21-11-20-30(24-31)27-15-6-2-7-16-27/h1-22,24,32H,23H2. The van der Waals surface area contributed by atoms with Gasteiger partial charge in [0.05, 0.1) is 0 Å². The molecule has 154 valence electrons. The SMILES string of the molecule is c1ccc(-c2cccc(CC(c3ccccc3)c3cccc(-c4ccccc4)c3)c2)cc1. The molecule has 0 fully saturated rings. The highest BCUT2D eigenvalue weighted by atomic mass is 14.2. The van der Waals surface area contributed by atoms with E-state index in [4.69, 9.17) is 0 Å². The molecule has 0 heteroatoms. The summed E-state index contributed by atoms with van der Waals surface area (Å²) < 4.78 is 0. The summed E-state index contributed by atoms with van der Waals surface area (Å²) in [6, 6.07) is 50.1. The molecule has 0 radical (unpaired) electrons. The van der Waals surface area contributed by atoms with Crippen LogP contribution in [0.3, 0.4) is 0 Å². The maximum absolute atomic E-state index is 2.36. The van der Waals surface area contributed by atoms with Gasteiger partial charge in [-0.15, -0.1) is 0 Å². The summed E-state index contributed by atoms with van der Waals surface area (Å²) in [6.07, 6.45) is 0.961. The molecule has 0 aliphatic carbocycles. The lowest BCUT2D eigenvalue weighted by Gasteiger charge is -2.20. The fourth-order valence-corrected chi connectivity index (χ4v) is 4.42. The summed E-state index contributed by atoms with van der Waals surface area (Å²) >= 11 is 0. The first-order chi connectivity index (χ1) is 15.9. The largest absolute Gasteiger partial charge is 0.0622 e. The van der Waals surface area contributed by atoms with E-state index < -0.39 is 0 Å². The minimum Gasteiger partial charge on any atom is -0.0622 e. The van der Waals surface area contributed by atoms with Gasteiger partial charge < -0.3 is 0 Å². The molecule has 0 saturated heterocycles. The molecular weight excluding hydrogens is 384 g/mol. The minimum atomic E-state index is 0.297. The summed E-state index contributed by atoms with van der Waals surface area (Å²) in [4.78, 5) is 0. The minimum absolute atomic E-state index is 0.297. The van der Waals surface area contributed by atoms with Crippen LogP contribution in [0, 0.1) is 0 Å². The van der Waals surface area contributed by atoms with E-state index >= 15 is 0 Å². The highest BCUT2D eigenvalue weighted by Crippen LogP contribution is 2.32. The number of hydrogen-bond donors (Lipinski definition) is 0. The van der Waals surface area contributed by atoms with Gasteiger partial charge in [-0.2, -0.15) is 0 Å². The molecule has 5 rings (SSSR count). The zero-order chi connectivity index (χ0) is 21.6. The third-order valence-corrected chi connectivity index (χ3v) is 6.07. The number of benzene rings is 5. The smallest absolute Gasteiger partial charge is 0.0130 e. The Kier molecular flexibility index (Phi) is 5.94. The van der Waals surface area contributed by atoms with E-state index in [1.54, 1.807) is 0 Å². The maximum atomic E-state index is 2.36. The van der Waals surface area contributed by atoms with Crippen molar-refractivity contribution in [2.45, 2.75) is 12.3 Å². The van der Waals surface area contributed by atoms with Crippen LogP contribution < -0.4 is 0 Å². The molecule has 0 aromatic heterocycles. The summed E-state index contributed by atoms with van der Waals surface area (Å²) in [5, 5.41) is 0. The quantitative estimate of drug-likeness (QED) is 0.264. The van der Waals surface area contributed by atoms with Gasteiger partial charge in [0.25, 0.3) is 0 Å². The molecular formula is C32H26. The van der Waals surface area contributed by atoms with E-state index in [9.17, 15) is 0 Å². The lowest BCUT2D eigenvalue weighted by Crippen LogP contribution is -2.05. The predicted octanol–water partition coefficient (Wildman–Crippen LogP) is 8.40. The van der Waals surface area contributed by atoms with Crippen LogP contribution in [0.25, 0.3) is 22.3 Å². The first-order valence-electron chi connectivity index (χ1n) is 11.2. The van der Waals surface area contributed by atoms with Crippen LogP contribution in [0.2, 0.25) is 0 Å². The lowest BCUT2D eigenvalue weighted by molar-refractivity contribution is 0.806. The van der Waals surface area contributed by atoms with Gasteiger partial charge in [-0.1, -0.05) is 140 Å². The molecule has 0 spiro atoms. The Balaban J connectivity index is 1.53. The molecule has 0 nitrogen and oxygen atoms in total. The van der Waals surface area contributed by atoms with Gasteiger partial charge in [-0.05, 0) is 45.4 Å². The predicted molar refractivity (Wildman–Crippen MR) is 136 cm³/mol. The van der Waals surface area contributed by atoms with Crippen LogP contribution in [0.4, 0.5) is 0 Å². The molecule has 0 aliphatic rings. The van der Waals surface area contributed by atoms with E-state index in [-0.39, 0.29) is 0 Å². The third kappa shape index (κ3) is 4.55. The Hall–Kier alpha value is -3.90. The molecule has 0 aliphatic heterocycles. The van der Waals surface area contributed by atoms with Crippen LogP contribution in [0.5, 0.6) is 0 Å². The molecule has 32 heavy (non-hydrogen) atoms. The van der Waals surface area contributed by atoms with Crippen LogP contribution >= 0.6 is 0 Å². The Bertz CT molecular complexity index is 1270. The average molecular weight is 411 g/mol. The number of hydrogen-bond acceptors (Lipinski definition) is 0. The third-order valence-electron chi connectivity index (χ3n) is 6.07. The fourth-order valence-electron chi connectivity index (χ4n) is 4.42. The summed E-state index contributed by atoms with van der Waals surface area (Å²) in [5.41, 5.74) is 9.11. The topological polar surface area (TPSA) is 0 Å². The van der Waals surface area contributed by atoms with E-state index in [2.05, 4.69) is 140 Å². The van der Waals surface area contributed by atoms with Gasteiger partial charge in [-0.3, -0.25) is 0 Å². The van der Waals surface area contributed by atoms with Crippen LogP contribution in [0.15, 0.2) is 140 Å². The Morgan fingerprint density at radius 2 is 0.844 bits per heavy atom. The lowest BCUT2D eigenvalue weighted by atomic mass is 9.84. The van der Waals surface area contributed by atoms with Crippen molar-refractivity contribution in [3.63, 3.8) is 0 Å². The van der Waals surface area contributed by atoms with Crippen molar-refractivity contribution >= 4 is 0 Å². The maximum Gasteiger partial charge on any atom is 0.0130 e. The van der Waals surface area contributed by atoms with E-state index in [1.807, 2.05) is 0 Å². The van der Waals surface area contributed by atoms with E-state index in [0.29, 0.717) is 5.92 Å². The van der Waals surface area contributed by atoms with Crippen LogP contribution in [0.1, 0.15) is 22.6 Å². The molecule has 1 atom stereocenters. The Morgan fingerprint density at radius 1 is 0.375 bits per heavy atom. The fraction of sp³-hybridized carbons (Fsp3) is 0.0625. The van der Waals surface area contributed by atoms with Crippen molar-refractivity contribution in [2.24, 2.45) is 0 Å². The van der Waals surface area contributed by atoms with Crippen LogP contribution in [-0.2, 0) is 6.42 Å². The van der Waals surface area contributed by atoms with Gasteiger partial charge >= 0.3 is 0 Å². The van der Waals surface area contributed by atoms with Crippen molar-refractivity contribution in [3.8, 4) is 22.3 Å². The number of rotatable bonds is 6. The van der Waals surface area contributed by atoms with Crippen LogP contribution in [-0.4, -0.2) is 0 Å². The zero-order valence-corrected chi connectivity index (χ0v) is 18.1. The van der Waals surface area contributed by atoms with Gasteiger partial charge in [0.2, 0.25) is 0 Å². The monoisotopic (exact) mass is 410 g/mol. The van der Waals surface area contributed by atoms with Crippen molar-refractivity contribution in [2.75, 3.05) is 0 Å². The second-order valence-corrected chi connectivity index (χ2v) is 8.23. The van der Waals surface area contributed by atoms with Crippen molar-refractivity contribution in [3.05, 3.63) is 156 Å². The molecule has 5 aromatic carbocycles. The normalized spacial score (nSPS) is 11.8. The second kappa shape index (κ2) is 9.49. The van der Waals surface area contributed by atoms with Crippen molar-refractivity contribution < 1.29 is 0 Å². The summed E-state index contributed by atoms with van der Waals surface area (Å²) in [7, 11) is 0. The molecule has 0 heterocycles. The molecule has 5 aromatic rings. The second-order valence-electron chi connectivity index (χ2n) is 8.23. The molecule has 0 bridgehead atoms.